The zero-order valence-corrected chi connectivity index (χ0v) is 18.9. The zero-order valence-electron chi connectivity index (χ0n) is 18.1. The van der Waals surface area contributed by atoms with Crippen molar-refractivity contribution in [2.45, 2.75) is 12.5 Å². The Kier molecular flexibility index (Phi) is 6.75. The molecule has 0 spiro atoms. The fourth-order valence-electron chi connectivity index (χ4n) is 4.15. The van der Waals surface area contributed by atoms with Crippen molar-refractivity contribution in [3.8, 4) is 11.5 Å². The third kappa shape index (κ3) is 4.62. The number of hydrogen-bond acceptors (Lipinski definition) is 5. The smallest absolute Gasteiger partial charge is 0.263 e. The minimum atomic E-state index is -0.399. The van der Waals surface area contributed by atoms with Gasteiger partial charge in [0.05, 0.1) is 25.0 Å². The molecule has 0 saturated carbocycles. The summed E-state index contributed by atoms with van der Waals surface area (Å²) in [5, 5.41) is 4.94. The highest BCUT2D eigenvalue weighted by atomic mass is 32.1. The second-order valence-electron chi connectivity index (χ2n) is 7.71. The number of likely N-dealkylation sites (tertiary alicyclic amines) is 1. The van der Waals surface area contributed by atoms with Crippen molar-refractivity contribution in [3.63, 3.8) is 0 Å². The first-order valence-electron chi connectivity index (χ1n) is 10.5. The van der Waals surface area contributed by atoms with Crippen LogP contribution in [0.4, 0.5) is 0 Å². The summed E-state index contributed by atoms with van der Waals surface area (Å²) < 4.78 is 11.0. The van der Waals surface area contributed by atoms with Crippen molar-refractivity contribution in [2.75, 3.05) is 27.3 Å². The predicted octanol–water partition coefficient (Wildman–Crippen LogP) is 3.94. The van der Waals surface area contributed by atoms with Gasteiger partial charge >= 0.3 is 0 Å². The molecule has 2 aromatic carbocycles. The Labute approximate surface area is 191 Å². The summed E-state index contributed by atoms with van der Waals surface area (Å²) >= 11 is 1.41. The normalized spacial score (nSPS) is 17.8. The number of carbonyl (C=O) groups is 2. The van der Waals surface area contributed by atoms with Gasteiger partial charge in [0.25, 0.3) is 5.91 Å². The van der Waals surface area contributed by atoms with Crippen LogP contribution in [-0.4, -0.2) is 44.0 Å². The number of nitrogens with one attached hydrogen (secondary N) is 1. The fourth-order valence-corrected chi connectivity index (χ4v) is 4.84. The van der Waals surface area contributed by atoms with E-state index in [-0.39, 0.29) is 17.7 Å². The molecule has 0 bridgehead atoms. The maximum absolute atomic E-state index is 13.3. The molecule has 7 heteroatoms. The largest absolute Gasteiger partial charge is 0.497 e. The molecule has 2 amide bonds. The highest BCUT2D eigenvalue weighted by molar-refractivity contribution is 7.12. The minimum absolute atomic E-state index is 0.0507. The number of carbonyl (C=O) groups excluding carboxylic acids is 2. The molecule has 1 aliphatic rings. The van der Waals surface area contributed by atoms with Crippen molar-refractivity contribution >= 4 is 23.2 Å². The Morgan fingerprint density at radius 2 is 1.84 bits per heavy atom. The summed E-state index contributed by atoms with van der Waals surface area (Å²) in [7, 11) is 3.22. The summed E-state index contributed by atoms with van der Waals surface area (Å²) in [5.74, 6) is 0.633. The number of benzene rings is 2. The molecule has 1 aromatic heterocycles. The number of methoxy groups -OCH3 is 2. The summed E-state index contributed by atoms with van der Waals surface area (Å²) in [5.41, 5.74) is 1.90. The van der Waals surface area contributed by atoms with Crippen LogP contribution in [0.25, 0.3) is 0 Å². The minimum Gasteiger partial charge on any atom is -0.497 e. The number of amides is 2. The van der Waals surface area contributed by atoms with Crippen LogP contribution >= 0.6 is 11.3 Å². The molecule has 1 aliphatic heterocycles. The molecular weight excluding hydrogens is 424 g/mol. The van der Waals surface area contributed by atoms with Crippen molar-refractivity contribution in [1.82, 2.24) is 10.2 Å². The first-order chi connectivity index (χ1) is 15.6. The van der Waals surface area contributed by atoms with Crippen LogP contribution in [-0.2, 0) is 11.3 Å². The Morgan fingerprint density at radius 1 is 1.03 bits per heavy atom. The molecule has 166 valence electrons. The van der Waals surface area contributed by atoms with Gasteiger partial charge in [0.15, 0.2) is 0 Å². The van der Waals surface area contributed by atoms with Gasteiger partial charge in [0.2, 0.25) is 5.91 Å². The first-order valence-corrected chi connectivity index (χ1v) is 11.3. The molecule has 3 aromatic rings. The van der Waals surface area contributed by atoms with Crippen molar-refractivity contribution < 1.29 is 19.1 Å². The monoisotopic (exact) mass is 450 g/mol. The van der Waals surface area contributed by atoms with E-state index in [2.05, 4.69) is 5.32 Å². The lowest BCUT2D eigenvalue weighted by Gasteiger charge is -2.21. The van der Waals surface area contributed by atoms with Gasteiger partial charge in [-0.05, 0) is 35.2 Å². The number of hydrogen-bond donors (Lipinski definition) is 1. The third-order valence-corrected chi connectivity index (χ3v) is 6.68. The van der Waals surface area contributed by atoms with Crippen molar-refractivity contribution in [3.05, 3.63) is 82.0 Å². The van der Waals surface area contributed by atoms with E-state index in [1.54, 1.807) is 19.1 Å². The van der Waals surface area contributed by atoms with E-state index in [1.807, 2.05) is 66.0 Å². The van der Waals surface area contributed by atoms with E-state index in [0.717, 1.165) is 11.1 Å². The van der Waals surface area contributed by atoms with Crippen LogP contribution in [0.1, 0.15) is 26.7 Å². The molecule has 6 nitrogen and oxygen atoms in total. The summed E-state index contributed by atoms with van der Waals surface area (Å²) in [4.78, 5) is 28.8. The molecule has 32 heavy (non-hydrogen) atoms. The van der Waals surface area contributed by atoms with Crippen LogP contribution < -0.4 is 14.8 Å². The van der Waals surface area contributed by atoms with Gasteiger partial charge in [-0.15, -0.1) is 11.3 Å². The maximum Gasteiger partial charge on any atom is 0.263 e. The second-order valence-corrected chi connectivity index (χ2v) is 8.66. The molecular formula is C25H26N2O4S. The molecule has 2 atom stereocenters. The van der Waals surface area contributed by atoms with E-state index in [0.29, 0.717) is 36.0 Å². The highest BCUT2D eigenvalue weighted by Gasteiger charge is 2.42. The molecule has 2 unspecified atom stereocenters. The number of thiophene rings is 1. The first kappa shape index (κ1) is 21.9. The van der Waals surface area contributed by atoms with Gasteiger partial charge in [-0.2, -0.15) is 0 Å². The van der Waals surface area contributed by atoms with Gasteiger partial charge in [0.1, 0.15) is 11.5 Å². The second kappa shape index (κ2) is 9.87. The van der Waals surface area contributed by atoms with E-state index < -0.39 is 5.92 Å². The van der Waals surface area contributed by atoms with Crippen molar-refractivity contribution in [1.29, 1.82) is 0 Å². The average Bonchev–Trinajstić information content (AvgIpc) is 3.53. The molecule has 0 aliphatic carbocycles. The quantitative estimate of drug-likeness (QED) is 0.592. The summed E-state index contributed by atoms with van der Waals surface area (Å²) in [6.45, 7) is 1.23. The summed E-state index contributed by atoms with van der Waals surface area (Å²) in [6.07, 6.45) is 0. The Hall–Kier alpha value is -3.32. The number of rotatable bonds is 7. The van der Waals surface area contributed by atoms with E-state index >= 15 is 0 Å². The van der Waals surface area contributed by atoms with Gasteiger partial charge in [-0.3, -0.25) is 9.59 Å². The lowest BCUT2D eigenvalue weighted by molar-refractivity contribution is -0.125. The molecule has 4 rings (SSSR count). The van der Waals surface area contributed by atoms with E-state index in [4.69, 9.17) is 9.47 Å². The van der Waals surface area contributed by atoms with Gasteiger partial charge in [-0.1, -0.05) is 36.4 Å². The van der Waals surface area contributed by atoms with Crippen LogP contribution in [0.15, 0.2) is 66.0 Å². The predicted molar refractivity (Wildman–Crippen MR) is 124 cm³/mol. The average molecular weight is 451 g/mol. The third-order valence-electron chi connectivity index (χ3n) is 5.82. The van der Waals surface area contributed by atoms with Crippen molar-refractivity contribution in [2.24, 2.45) is 5.92 Å². The van der Waals surface area contributed by atoms with Crippen LogP contribution in [0.2, 0.25) is 0 Å². The number of ether oxygens (including phenoxy) is 2. The van der Waals surface area contributed by atoms with Crippen LogP contribution in [0, 0.1) is 5.92 Å². The topological polar surface area (TPSA) is 67.9 Å². The molecule has 2 heterocycles. The standard InChI is InChI=1S/C25H26N2O4S/c1-30-18-10-11-22(31-2)19(13-18)20-15-27(25(29)23-9-6-12-32-23)16-21(20)24(28)26-14-17-7-4-3-5-8-17/h3-13,20-21H,14-16H2,1-2H3,(H,26,28). The maximum atomic E-state index is 13.3. The zero-order chi connectivity index (χ0) is 22.5. The van der Waals surface area contributed by atoms with Gasteiger partial charge in [0, 0.05) is 31.1 Å². The van der Waals surface area contributed by atoms with E-state index in [9.17, 15) is 9.59 Å². The van der Waals surface area contributed by atoms with Crippen LogP contribution in [0.3, 0.4) is 0 Å². The Bertz CT molecular complexity index is 1070. The van der Waals surface area contributed by atoms with Gasteiger partial charge in [-0.25, -0.2) is 0 Å². The molecule has 1 fully saturated rings. The summed E-state index contributed by atoms with van der Waals surface area (Å²) in [6, 6.07) is 19.0. The van der Waals surface area contributed by atoms with Gasteiger partial charge < -0.3 is 19.7 Å². The fraction of sp³-hybridized carbons (Fsp3) is 0.280. The van der Waals surface area contributed by atoms with E-state index in [1.165, 1.54) is 11.3 Å². The highest BCUT2D eigenvalue weighted by Crippen LogP contribution is 2.40. The number of nitrogens with zero attached hydrogens (tertiary/aromatic N) is 1. The molecule has 0 radical (unpaired) electrons. The van der Waals surface area contributed by atoms with Crippen LogP contribution in [0.5, 0.6) is 11.5 Å². The molecule has 1 N–H and O–H groups in total. The Balaban J connectivity index is 1.61. The lowest BCUT2D eigenvalue weighted by Crippen LogP contribution is -2.35. The Morgan fingerprint density at radius 3 is 2.53 bits per heavy atom. The molecule has 1 saturated heterocycles. The lowest BCUT2D eigenvalue weighted by atomic mass is 9.87. The SMILES string of the molecule is COc1ccc(OC)c(C2CN(C(=O)c3cccs3)CC2C(=O)NCc2ccccc2)c1.